The molecule has 0 unspecified atom stereocenters. The van der Waals surface area contributed by atoms with Gasteiger partial charge in [0, 0.05) is 35.1 Å². The zero-order valence-corrected chi connectivity index (χ0v) is 12.4. The fourth-order valence-corrected chi connectivity index (χ4v) is 2.92. The summed E-state index contributed by atoms with van der Waals surface area (Å²) in [7, 11) is 1.80. The Hall–Kier alpha value is -3.08. The van der Waals surface area contributed by atoms with Crippen LogP contribution in [0.3, 0.4) is 0 Å². The van der Waals surface area contributed by atoms with Gasteiger partial charge in [0.05, 0.1) is 5.69 Å². The number of benzene rings is 2. The molecule has 0 fully saturated rings. The van der Waals surface area contributed by atoms with E-state index in [0.29, 0.717) is 11.1 Å². The number of aryl methyl sites for hydroxylation is 1. The van der Waals surface area contributed by atoms with Crippen LogP contribution in [0.2, 0.25) is 0 Å². The molecule has 0 radical (unpaired) electrons. The Labute approximate surface area is 131 Å². The molecule has 0 aliphatic heterocycles. The lowest BCUT2D eigenvalue weighted by atomic mass is 10.2. The number of nitrogens with zero attached hydrogens (tertiary/aromatic N) is 1. The van der Waals surface area contributed by atoms with Gasteiger partial charge in [0.1, 0.15) is 11.5 Å². The van der Waals surface area contributed by atoms with Gasteiger partial charge >= 0.3 is 0 Å². The number of hydrogen-bond donors (Lipinski definition) is 2. The molecule has 1 amide bonds. The first-order valence-corrected chi connectivity index (χ1v) is 7.26. The third kappa shape index (κ3) is 2.17. The maximum absolute atomic E-state index is 13.4. The van der Waals surface area contributed by atoms with E-state index >= 15 is 0 Å². The molecule has 4 aromatic rings. The lowest BCUT2D eigenvalue weighted by Gasteiger charge is -2.07. The van der Waals surface area contributed by atoms with Crippen LogP contribution in [0.4, 0.5) is 10.1 Å². The quantitative estimate of drug-likeness (QED) is 0.576. The zero-order valence-electron chi connectivity index (χ0n) is 12.4. The van der Waals surface area contributed by atoms with Gasteiger partial charge in [-0.15, -0.1) is 0 Å². The summed E-state index contributed by atoms with van der Waals surface area (Å²) in [6.07, 6.45) is 1.83. The molecule has 0 aliphatic carbocycles. The number of aromatic nitrogens is 2. The molecule has 2 heterocycles. The van der Waals surface area contributed by atoms with Gasteiger partial charge in [0.15, 0.2) is 0 Å². The van der Waals surface area contributed by atoms with Crippen LogP contribution in [0.5, 0.6) is 0 Å². The second-order valence-corrected chi connectivity index (χ2v) is 5.49. The minimum Gasteiger partial charge on any atom is -0.361 e. The van der Waals surface area contributed by atoms with Crippen molar-refractivity contribution in [1.29, 1.82) is 0 Å². The smallest absolute Gasteiger partial charge is 0.272 e. The molecule has 4 rings (SSSR count). The van der Waals surface area contributed by atoms with E-state index in [0.717, 1.165) is 22.1 Å². The summed E-state index contributed by atoms with van der Waals surface area (Å²) in [5.74, 6) is -0.537. The lowest BCUT2D eigenvalue weighted by molar-refractivity contribution is 0.102. The van der Waals surface area contributed by atoms with Crippen LogP contribution < -0.4 is 5.32 Å². The average molecular weight is 307 g/mol. The molecule has 4 nitrogen and oxygen atoms in total. The van der Waals surface area contributed by atoms with E-state index in [1.807, 2.05) is 30.5 Å². The molecule has 2 aromatic heterocycles. The summed E-state index contributed by atoms with van der Waals surface area (Å²) >= 11 is 0. The number of carbonyl (C=O) groups excluding carboxylic acids is 1. The predicted octanol–water partition coefficient (Wildman–Crippen LogP) is 4.05. The Bertz CT molecular complexity index is 1040. The molecule has 0 saturated carbocycles. The first kappa shape index (κ1) is 13.6. The van der Waals surface area contributed by atoms with E-state index in [1.165, 1.54) is 12.1 Å². The number of hydrogen-bond acceptors (Lipinski definition) is 1. The summed E-state index contributed by atoms with van der Waals surface area (Å²) in [5, 5.41) is 4.59. The van der Waals surface area contributed by atoms with Gasteiger partial charge in [-0.3, -0.25) is 4.79 Å². The standard InChI is InChI=1S/C18H14FN3O/c1-22-16-6-5-12(19)9-11(16)10-17(22)18(23)21-15-4-2-3-14-13(15)7-8-20-14/h2-10,20H,1H3,(H,21,23). The molecule has 2 N–H and O–H groups in total. The van der Waals surface area contributed by atoms with Crippen molar-refractivity contribution in [1.82, 2.24) is 9.55 Å². The second kappa shape index (κ2) is 4.98. The molecule has 0 spiro atoms. The largest absolute Gasteiger partial charge is 0.361 e. The van der Waals surface area contributed by atoms with Crippen LogP contribution in [-0.2, 0) is 7.05 Å². The van der Waals surface area contributed by atoms with E-state index in [9.17, 15) is 9.18 Å². The van der Waals surface area contributed by atoms with Crippen LogP contribution in [-0.4, -0.2) is 15.5 Å². The van der Waals surface area contributed by atoms with Crippen LogP contribution in [0.15, 0.2) is 54.7 Å². The number of aromatic amines is 1. The highest BCUT2D eigenvalue weighted by atomic mass is 19.1. The Morgan fingerprint density at radius 1 is 1.17 bits per heavy atom. The molecule has 23 heavy (non-hydrogen) atoms. The van der Waals surface area contributed by atoms with Gasteiger partial charge in [0.2, 0.25) is 0 Å². The van der Waals surface area contributed by atoms with Crippen molar-refractivity contribution < 1.29 is 9.18 Å². The molecular formula is C18H14FN3O. The predicted molar refractivity (Wildman–Crippen MR) is 89.1 cm³/mol. The number of anilines is 1. The molecule has 114 valence electrons. The van der Waals surface area contributed by atoms with Crippen LogP contribution >= 0.6 is 0 Å². The zero-order chi connectivity index (χ0) is 16.0. The van der Waals surface area contributed by atoms with Crippen molar-refractivity contribution in [2.75, 3.05) is 5.32 Å². The number of amides is 1. The third-order valence-electron chi connectivity index (χ3n) is 4.08. The fraction of sp³-hybridized carbons (Fsp3) is 0.0556. The van der Waals surface area contributed by atoms with E-state index in [4.69, 9.17) is 0 Å². The van der Waals surface area contributed by atoms with E-state index in [-0.39, 0.29) is 11.7 Å². The van der Waals surface area contributed by atoms with Crippen LogP contribution in [0.25, 0.3) is 21.8 Å². The third-order valence-corrected chi connectivity index (χ3v) is 4.08. The van der Waals surface area contributed by atoms with Gasteiger partial charge in [-0.05, 0) is 42.5 Å². The topological polar surface area (TPSA) is 49.8 Å². The highest BCUT2D eigenvalue weighted by Crippen LogP contribution is 2.24. The summed E-state index contributed by atoms with van der Waals surface area (Å²) in [4.78, 5) is 15.7. The molecule has 5 heteroatoms. The van der Waals surface area contributed by atoms with Crippen molar-refractivity contribution in [3.63, 3.8) is 0 Å². The van der Waals surface area contributed by atoms with Crippen LogP contribution in [0, 0.1) is 5.82 Å². The normalized spacial score (nSPS) is 11.2. The molecule has 0 bridgehead atoms. The monoisotopic (exact) mass is 307 g/mol. The number of fused-ring (bicyclic) bond motifs is 2. The highest BCUT2D eigenvalue weighted by Gasteiger charge is 2.15. The van der Waals surface area contributed by atoms with Crippen molar-refractivity contribution in [3.8, 4) is 0 Å². The fourth-order valence-electron chi connectivity index (χ4n) is 2.92. The Morgan fingerprint density at radius 3 is 2.91 bits per heavy atom. The molecule has 0 atom stereocenters. The van der Waals surface area contributed by atoms with E-state index in [1.54, 1.807) is 23.7 Å². The van der Waals surface area contributed by atoms with Crippen molar-refractivity contribution in [2.45, 2.75) is 0 Å². The summed E-state index contributed by atoms with van der Waals surface area (Å²) in [6, 6.07) is 13.8. The molecular weight excluding hydrogens is 293 g/mol. The van der Waals surface area contributed by atoms with Gasteiger partial charge in [-0.2, -0.15) is 0 Å². The van der Waals surface area contributed by atoms with Gasteiger partial charge in [-0.25, -0.2) is 4.39 Å². The average Bonchev–Trinajstić information content (AvgIpc) is 3.12. The van der Waals surface area contributed by atoms with Gasteiger partial charge in [0.25, 0.3) is 5.91 Å². The number of nitrogens with one attached hydrogen (secondary N) is 2. The maximum atomic E-state index is 13.4. The number of rotatable bonds is 2. The second-order valence-electron chi connectivity index (χ2n) is 5.49. The summed E-state index contributed by atoms with van der Waals surface area (Å²) < 4.78 is 15.1. The van der Waals surface area contributed by atoms with Crippen LogP contribution in [0.1, 0.15) is 10.5 Å². The Morgan fingerprint density at radius 2 is 2.04 bits per heavy atom. The first-order chi connectivity index (χ1) is 11.1. The highest BCUT2D eigenvalue weighted by molar-refractivity contribution is 6.10. The molecule has 0 aliphatic rings. The van der Waals surface area contributed by atoms with Crippen molar-refractivity contribution >= 4 is 33.4 Å². The number of carbonyl (C=O) groups is 1. The van der Waals surface area contributed by atoms with Crippen molar-refractivity contribution in [2.24, 2.45) is 7.05 Å². The number of H-pyrrole nitrogens is 1. The Kier molecular flexibility index (Phi) is 2.94. The molecule has 2 aromatic carbocycles. The summed E-state index contributed by atoms with van der Waals surface area (Å²) in [6.45, 7) is 0. The van der Waals surface area contributed by atoms with Crippen molar-refractivity contribution in [3.05, 3.63) is 66.2 Å². The molecule has 0 saturated heterocycles. The maximum Gasteiger partial charge on any atom is 0.272 e. The first-order valence-electron chi connectivity index (χ1n) is 7.26. The van der Waals surface area contributed by atoms with Gasteiger partial charge in [-0.1, -0.05) is 6.07 Å². The Balaban J connectivity index is 1.75. The van der Waals surface area contributed by atoms with Gasteiger partial charge < -0.3 is 14.9 Å². The lowest BCUT2D eigenvalue weighted by Crippen LogP contribution is -2.15. The number of halogens is 1. The van der Waals surface area contributed by atoms with E-state index < -0.39 is 0 Å². The minimum absolute atomic E-state index is 0.224. The SMILES string of the molecule is Cn1c(C(=O)Nc2cccc3[nH]ccc23)cc2cc(F)ccc21. The summed E-state index contributed by atoms with van der Waals surface area (Å²) in [5.41, 5.74) is 3.00. The minimum atomic E-state index is -0.313. The van der Waals surface area contributed by atoms with E-state index in [2.05, 4.69) is 10.3 Å².